The third-order valence-corrected chi connectivity index (χ3v) is 6.80. The number of aromatic nitrogens is 2. The van der Waals surface area contributed by atoms with E-state index in [-0.39, 0.29) is 18.0 Å². The molecule has 2 aromatic heterocycles. The smallest absolute Gasteiger partial charge is 0.263 e. The van der Waals surface area contributed by atoms with Crippen LogP contribution >= 0.6 is 22.9 Å². The number of anilines is 3. The standard InChI is InChI=1S/C27H21ClN4O2S/c1-17-24(18-7-9-19(28)10-8-18)25-26(35-17)29-16-32(27(25)34)15-23(33)31-22-13-11-21(12-14-22)30-20-5-3-2-4-6-20/h2-14,16,30H,15H2,1H3,(H,31,33). The van der Waals surface area contributed by atoms with Crippen LogP contribution in [-0.4, -0.2) is 15.5 Å². The Labute approximate surface area is 210 Å². The molecule has 1 amide bonds. The minimum atomic E-state index is -0.308. The maximum absolute atomic E-state index is 13.3. The van der Waals surface area contributed by atoms with Gasteiger partial charge in [-0.3, -0.25) is 14.2 Å². The number of amides is 1. The van der Waals surface area contributed by atoms with Crippen LogP contribution in [0.3, 0.4) is 0 Å². The molecule has 8 heteroatoms. The molecule has 0 spiro atoms. The molecule has 0 bridgehead atoms. The number of aryl methyl sites for hydroxylation is 1. The van der Waals surface area contributed by atoms with Gasteiger partial charge in [0, 0.05) is 32.5 Å². The highest BCUT2D eigenvalue weighted by molar-refractivity contribution is 7.19. The molecular weight excluding hydrogens is 480 g/mol. The number of para-hydroxylation sites is 1. The lowest BCUT2D eigenvalue weighted by Crippen LogP contribution is -2.27. The van der Waals surface area contributed by atoms with Crippen LogP contribution in [0.4, 0.5) is 17.1 Å². The van der Waals surface area contributed by atoms with Gasteiger partial charge in [-0.1, -0.05) is 41.9 Å². The van der Waals surface area contributed by atoms with Gasteiger partial charge < -0.3 is 10.6 Å². The average molecular weight is 501 g/mol. The first-order valence-corrected chi connectivity index (χ1v) is 12.1. The molecule has 0 atom stereocenters. The predicted octanol–water partition coefficient (Wildman–Crippen LogP) is 6.47. The average Bonchev–Trinajstić information content (AvgIpc) is 3.20. The molecule has 0 fully saturated rings. The summed E-state index contributed by atoms with van der Waals surface area (Å²) < 4.78 is 1.34. The van der Waals surface area contributed by atoms with E-state index in [2.05, 4.69) is 15.6 Å². The number of halogens is 1. The van der Waals surface area contributed by atoms with Gasteiger partial charge in [0.2, 0.25) is 5.91 Å². The molecular formula is C27H21ClN4O2S. The van der Waals surface area contributed by atoms with E-state index in [1.807, 2.05) is 73.7 Å². The van der Waals surface area contributed by atoms with Gasteiger partial charge in [0.1, 0.15) is 11.4 Å². The molecule has 35 heavy (non-hydrogen) atoms. The second kappa shape index (κ2) is 9.74. The second-order valence-electron chi connectivity index (χ2n) is 8.01. The quantitative estimate of drug-likeness (QED) is 0.280. The number of rotatable bonds is 6. The normalized spacial score (nSPS) is 10.9. The van der Waals surface area contributed by atoms with Crippen molar-refractivity contribution in [3.63, 3.8) is 0 Å². The van der Waals surface area contributed by atoms with Crippen LogP contribution in [0.1, 0.15) is 4.88 Å². The molecule has 3 aromatic carbocycles. The first kappa shape index (κ1) is 22.8. The third-order valence-electron chi connectivity index (χ3n) is 5.53. The highest BCUT2D eigenvalue weighted by Crippen LogP contribution is 2.35. The maximum Gasteiger partial charge on any atom is 0.263 e. The Morgan fingerprint density at radius 1 is 0.943 bits per heavy atom. The van der Waals surface area contributed by atoms with E-state index < -0.39 is 0 Å². The van der Waals surface area contributed by atoms with Crippen LogP contribution in [0.5, 0.6) is 0 Å². The van der Waals surface area contributed by atoms with Crippen LogP contribution in [0.25, 0.3) is 21.3 Å². The zero-order chi connectivity index (χ0) is 24.4. The lowest BCUT2D eigenvalue weighted by atomic mass is 10.0. The van der Waals surface area contributed by atoms with Gasteiger partial charge in [-0.2, -0.15) is 0 Å². The summed E-state index contributed by atoms with van der Waals surface area (Å²) in [5, 5.41) is 7.29. The molecule has 5 aromatic rings. The Morgan fingerprint density at radius 3 is 2.31 bits per heavy atom. The Hall–Kier alpha value is -3.94. The molecule has 0 aliphatic heterocycles. The molecule has 2 N–H and O–H groups in total. The largest absolute Gasteiger partial charge is 0.356 e. The van der Waals surface area contributed by atoms with Gasteiger partial charge in [-0.15, -0.1) is 11.3 Å². The van der Waals surface area contributed by atoms with E-state index in [0.29, 0.717) is 20.9 Å². The summed E-state index contributed by atoms with van der Waals surface area (Å²) in [6.07, 6.45) is 1.43. The van der Waals surface area contributed by atoms with E-state index >= 15 is 0 Å². The van der Waals surface area contributed by atoms with Crippen molar-refractivity contribution in [3.05, 3.63) is 105 Å². The number of hydrogen-bond acceptors (Lipinski definition) is 5. The SMILES string of the molecule is Cc1sc2ncn(CC(=O)Nc3ccc(Nc4ccccc4)cc3)c(=O)c2c1-c1ccc(Cl)cc1. The van der Waals surface area contributed by atoms with Gasteiger partial charge in [-0.25, -0.2) is 4.98 Å². The van der Waals surface area contributed by atoms with E-state index in [1.54, 1.807) is 12.1 Å². The lowest BCUT2D eigenvalue weighted by molar-refractivity contribution is -0.116. The number of benzene rings is 3. The van der Waals surface area contributed by atoms with Crippen molar-refractivity contribution in [2.45, 2.75) is 13.5 Å². The van der Waals surface area contributed by atoms with Gasteiger partial charge in [0.15, 0.2) is 0 Å². The fourth-order valence-electron chi connectivity index (χ4n) is 3.89. The van der Waals surface area contributed by atoms with Crippen molar-refractivity contribution in [2.75, 3.05) is 10.6 Å². The van der Waals surface area contributed by atoms with Crippen LogP contribution in [0, 0.1) is 6.92 Å². The molecule has 0 saturated heterocycles. The summed E-state index contributed by atoms with van der Waals surface area (Å²) >= 11 is 7.49. The topological polar surface area (TPSA) is 76.0 Å². The number of carbonyl (C=O) groups is 1. The molecule has 5 rings (SSSR count). The summed E-state index contributed by atoms with van der Waals surface area (Å²) in [6, 6.07) is 24.6. The second-order valence-corrected chi connectivity index (χ2v) is 9.65. The van der Waals surface area contributed by atoms with Crippen LogP contribution < -0.4 is 16.2 Å². The first-order valence-electron chi connectivity index (χ1n) is 10.9. The van der Waals surface area contributed by atoms with Gasteiger partial charge in [-0.05, 0) is 61.0 Å². The highest BCUT2D eigenvalue weighted by Gasteiger charge is 2.18. The first-order chi connectivity index (χ1) is 17.0. The fraction of sp³-hybridized carbons (Fsp3) is 0.0741. The number of fused-ring (bicyclic) bond motifs is 1. The van der Waals surface area contributed by atoms with Crippen LogP contribution in [0.2, 0.25) is 5.02 Å². The molecule has 174 valence electrons. The zero-order valence-corrected chi connectivity index (χ0v) is 20.4. The predicted molar refractivity (Wildman–Crippen MR) is 144 cm³/mol. The molecule has 0 aliphatic carbocycles. The van der Waals surface area contributed by atoms with Crippen molar-refractivity contribution in [2.24, 2.45) is 0 Å². The lowest BCUT2D eigenvalue weighted by Gasteiger charge is -2.10. The van der Waals surface area contributed by atoms with Gasteiger partial charge >= 0.3 is 0 Å². The number of nitrogens with one attached hydrogen (secondary N) is 2. The Bertz CT molecular complexity index is 1560. The molecule has 0 aliphatic rings. The minimum Gasteiger partial charge on any atom is -0.356 e. The Morgan fingerprint density at radius 2 is 1.60 bits per heavy atom. The van der Waals surface area contributed by atoms with Crippen LogP contribution in [0.15, 0.2) is 90.0 Å². The van der Waals surface area contributed by atoms with E-state index in [9.17, 15) is 9.59 Å². The third kappa shape index (κ3) is 4.96. The maximum atomic E-state index is 13.3. The molecule has 0 unspecified atom stereocenters. The number of thiophene rings is 1. The van der Waals surface area contributed by atoms with E-state index in [1.165, 1.54) is 22.2 Å². The van der Waals surface area contributed by atoms with E-state index in [0.717, 1.165) is 27.4 Å². The molecule has 6 nitrogen and oxygen atoms in total. The minimum absolute atomic E-state index is 0.138. The van der Waals surface area contributed by atoms with Crippen molar-refractivity contribution in [1.29, 1.82) is 0 Å². The van der Waals surface area contributed by atoms with Crippen LogP contribution in [-0.2, 0) is 11.3 Å². The fourth-order valence-corrected chi connectivity index (χ4v) is 5.02. The number of carbonyl (C=O) groups excluding carboxylic acids is 1. The highest BCUT2D eigenvalue weighted by atomic mass is 35.5. The molecule has 2 heterocycles. The molecule has 0 radical (unpaired) electrons. The Balaban J connectivity index is 1.34. The van der Waals surface area contributed by atoms with Crippen molar-refractivity contribution >= 4 is 56.1 Å². The molecule has 0 saturated carbocycles. The number of hydrogen-bond donors (Lipinski definition) is 2. The summed E-state index contributed by atoms with van der Waals surface area (Å²) in [6.45, 7) is 1.82. The zero-order valence-electron chi connectivity index (χ0n) is 18.8. The Kier molecular flexibility index (Phi) is 6.35. The van der Waals surface area contributed by atoms with Crippen molar-refractivity contribution < 1.29 is 4.79 Å². The van der Waals surface area contributed by atoms with Gasteiger partial charge in [0.25, 0.3) is 5.56 Å². The number of nitrogens with zero attached hydrogens (tertiary/aromatic N) is 2. The van der Waals surface area contributed by atoms with E-state index in [4.69, 9.17) is 11.6 Å². The van der Waals surface area contributed by atoms with Crippen molar-refractivity contribution in [1.82, 2.24) is 9.55 Å². The summed E-state index contributed by atoms with van der Waals surface area (Å²) in [5.74, 6) is -0.308. The summed E-state index contributed by atoms with van der Waals surface area (Å²) in [7, 11) is 0. The summed E-state index contributed by atoms with van der Waals surface area (Å²) in [4.78, 5) is 32.1. The van der Waals surface area contributed by atoms with Gasteiger partial charge in [0.05, 0.1) is 11.7 Å². The van der Waals surface area contributed by atoms with Crippen molar-refractivity contribution in [3.8, 4) is 11.1 Å². The summed E-state index contributed by atoms with van der Waals surface area (Å²) in [5.41, 5.74) is 4.00. The monoisotopic (exact) mass is 500 g/mol.